The molecule has 0 saturated carbocycles. The average Bonchev–Trinajstić information content (AvgIpc) is 2.50. The molecule has 1 unspecified atom stereocenters. The third kappa shape index (κ3) is 2.54. The smallest absolute Gasteiger partial charge is 0.128 e. The van der Waals surface area contributed by atoms with Gasteiger partial charge in [0.1, 0.15) is 11.0 Å². The third-order valence-corrected chi connectivity index (χ3v) is 3.15. The zero-order chi connectivity index (χ0) is 10.8. The first-order valence-corrected chi connectivity index (χ1v) is 5.68. The third-order valence-electron chi connectivity index (χ3n) is 2.52. The Labute approximate surface area is 99.1 Å². The van der Waals surface area contributed by atoms with Gasteiger partial charge >= 0.3 is 0 Å². The van der Waals surface area contributed by atoms with Crippen LogP contribution in [0.2, 0.25) is 5.15 Å². The molecule has 1 aromatic rings. The van der Waals surface area contributed by atoms with Crippen molar-refractivity contribution < 1.29 is 0 Å². The van der Waals surface area contributed by atoms with Crippen LogP contribution in [-0.2, 0) is 13.5 Å². The summed E-state index contributed by atoms with van der Waals surface area (Å²) in [5.74, 6) is 0.971. The van der Waals surface area contributed by atoms with E-state index in [1.54, 1.807) is 6.20 Å². The van der Waals surface area contributed by atoms with Gasteiger partial charge in [0.2, 0.25) is 0 Å². The normalized spacial score (nSPS) is 21.5. The molecule has 1 atom stereocenters. The average molecular weight is 246 g/mol. The Morgan fingerprint density at radius 1 is 1.67 bits per heavy atom. The number of nitrogens with one attached hydrogen (secondary N) is 1. The van der Waals surface area contributed by atoms with Crippen molar-refractivity contribution >= 4 is 23.2 Å². The molecule has 82 valence electrons. The van der Waals surface area contributed by atoms with E-state index in [0.29, 0.717) is 5.15 Å². The van der Waals surface area contributed by atoms with Gasteiger partial charge in [-0.05, 0) is 0 Å². The Bertz CT molecular complexity index is 384. The molecule has 2 heterocycles. The highest BCUT2D eigenvalue weighted by Gasteiger charge is 2.13. The summed E-state index contributed by atoms with van der Waals surface area (Å²) in [7, 11) is 1.92. The molecule has 0 aliphatic carbocycles. The van der Waals surface area contributed by atoms with Crippen LogP contribution in [0.5, 0.6) is 0 Å². The minimum absolute atomic E-state index is 0.0875. The monoisotopic (exact) mass is 245 g/mol. The predicted molar refractivity (Wildman–Crippen MR) is 62.5 cm³/mol. The lowest BCUT2D eigenvalue weighted by molar-refractivity contribution is 0.682. The van der Waals surface area contributed by atoms with Gasteiger partial charge in [-0.3, -0.25) is 0 Å². The Balaban J connectivity index is 2.12. The minimum Gasteiger partial charge on any atom is -0.322 e. The van der Waals surface area contributed by atoms with Crippen molar-refractivity contribution in [1.82, 2.24) is 14.9 Å². The van der Waals surface area contributed by atoms with Gasteiger partial charge in [-0.1, -0.05) is 23.3 Å². The number of nitrogens with zero attached hydrogens (tertiary/aromatic N) is 2. The van der Waals surface area contributed by atoms with Crippen LogP contribution in [0.3, 0.4) is 0 Å². The molecule has 0 radical (unpaired) electrons. The van der Waals surface area contributed by atoms with Gasteiger partial charge in [-0.25, -0.2) is 4.98 Å². The van der Waals surface area contributed by atoms with Crippen molar-refractivity contribution in [2.75, 3.05) is 13.1 Å². The standard InChI is InChI=1S/C10H13Cl2N3/c1-15-9(12)6-14-10(15)3-7-2-8(11)5-13-4-7/h2,6,8,13H,3-5H2,1H3. The molecule has 0 saturated heterocycles. The number of halogens is 2. The second-order valence-corrected chi connectivity index (χ2v) is 4.65. The Hall–Kier alpha value is -0.510. The highest BCUT2D eigenvalue weighted by Crippen LogP contribution is 2.15. The van der Waals surface area contributed by atoms with Crippen molar-refractivity contribution in [3.63, 3.8) is 0 Å². The van der Waals surface area contributed by atoms with E-state index in [1.165, 1.54) is 5.57 Å². The van der Waals surface area contributed by atoms with Crippen molar-refractivity contribution in [3.05, 3.63) is 28.8 Å². The predicted octanol–water partition coefficient (Wildman–Crippen LogP) is 1.75. The van der Waals surface area contributed by atoms with E-state index in [9.17, 15) is 0 Å². The van der Waals surface area contributed by atoms with Crippen LogP contribution in [0.1, 0.15) is 5.82 Å². The van der Waals surface area contributed by atoms with E-state index in [0.717, 1.165) is 25.3 Å². The highest BCUT2D eigenvalue weighted by atomic mass is 35.5. The van der Waals surface area contributed by atoms with Gasteiger partial charge in [0.15, 0.2) is 0 Å². The lowest BCUT2D eigenvalue weighted by Gasteiger charge is -2.17. The molecule has 1 N–H and O–H groups in total. The van der Waals surface area contributed by atoms with Crippen LogP contribution in [0.4, 0.5) is 0 Å². The molecule has 1 aromatic heterocycles. The Morgan fingerprint density at radius 3 is 3.07 bits per heavy atom. The van der Waals surface area contributed by atoms with E-state index in [1.807, 2.05) is 11.6 Å². The molecular formula is C10H13Cl2N3. The SMILES string of the molecule is Cn1c(Cl)cnc1CC1=CC(Cl)CNC1. The number of alkyl halides is 1. The van der Waals surface area contributed by atoms with Gasteiger partial charge in [0.05, 0.1) is 11.6 Å². The van der Waals surface area contributed by atoms with Gasteiger partial charge < -0.3 is 9.88 Å². The fourth-order valence-electron chi connectivity index (χ4n) is 1.66. The molecule has 0 aromatic carbocycles. The van der Waals surface area contributed by atoms with Crippen LogP contribution < -0.4 is 5.32 Å². The molecule has 1 aliphatic heterocycles. The van der Waals surface area contributed by atoms with Gasteiger partial charge in [-0.2, -0.15) is 0 Å². The molecule has 15 heavy (non-hydrogen) atoms. The van der Waals surface area contributed by atoms with Gasteiger partial charge in [0.25, 0.3) is 0 Å². The van der Waals surface area contributed by atoms with E-state index in [-0.39, 0.29) is 5.38 Å². The molecule has 3 nitrogen and oxygen atoms in total. The first-order valence-electron chi connectivity index (χ1n) is 4.87. The van der Waals surface area contributed by atoms with Crippen LogP contribution >= 0.6 is 23.2 Å². The zero-order valence-electron chi connectivity index (χ0n) is 8.50. The summed E-state index contributed by atoms with van der Waals surface area (Å²) in [5, 5.41) is 4.01. The maximum Gasteiger partial charge on any atom is 0.128 e. The number of imidazole rings is 1. The second kappa shape index (κ2) is 4.56. The Kier molecular flexibility index (Phi) is 3.34. The quantitative estimate of drug-likeness (QED) is 0.636. The second-order valence-electron chi connectivity index (χ2n) is 3.70. The minimum atomic E-state index is 0.0875. The lowest BCUT2D eigenvalue weighted by Crippen LogP contribution is -2.30. The molecular weight excluding hydrogens is 233 g/mol. The van der Waals surface area contributed by atoms with E-state index < -0.39 is 0 Å². The molecule has 2 rings (SSSR count). The van der Waals surface area contributed by atoms with E-state index in [2.05, 4.69) is 16.4 Å². The van der Waals surface area contributed by atoms with Crippen molar-refractivity contribution in [2.45, 2.75) is 11.8 Å². The molecule has 0 spiro atoms. The van der Waals surface area contributed by atoms with Crippen LogP contribution in [0.25, 0.3) is 0 Å². The van der Waals surface area contributed by atoms with Crippen molar-refractivity contribution in [1.29, 1.82) is 0 Å². The fraction of sp³-hybridized carbons (Fsp3) is 0.500. The largest absolute Gasteiger partial charge is 0.322 e. The van der Waals surface area contributed by atoms with Crippen LogP contribution in [0.15, 0.2) is 17.8 Å². The molecule has 1 aliphatic rings. The number of aromatic nitrogens is 2. The Morgan fingerprint density at radius 2 is 2.47 bits per heavy atom. The van der Waals surface area contributed by atoms with Gasteiger partial charge in [-0.15, -0.1) is 11.6 Å². The molecule has 0 bridgehead atoms. The highest BCUT2D eigenvalue weighted by molar-refractivity contribution is 6.29. The zero-order valence-corrected chi connectivity index (χ0v) is 10.0. The maximum atomic E-state index is 6.03. The summed E-state index contributed by atoms with van der Waals surface area (Å²) in [6.45, 7) is 1.72. The molecule has 0 amide bonds. The lowest BCUT2D eigenvalue weighted by atomic mass is 10.1. The van der Waals surface area contributed by atoms with Crippen LogP contribution in [-0.4, -0.2) is 28.0 Å². The molecule has 0 fully saturated rings. The summed E-state index contributed by atoms with van der Waals surface area (Å²) in [5.41, 5.74) is 1.27. The summed E-state index contributed by atoms with van der Waals surface area (Å²) >= 11 is 11.9. The summed E-state index contributed by atoms with van der Waals surface area (Å²) in [6, 6.07) is 0. The number of hydrogen-bond donors (Lipinski definition) is 1. The summed E-state index contributed by atoms with van der Waals surface area (Å²) in [6.07, 6.45) is 4.58. The first kappa shape index (κ1) is 11.0. The first-order chi connectivity index (χ1) is 7.16. The fourth-order valence-corrected chi connectivity index (χ4v) is 2.09. The topological polar surface area (TPSA) is 29.9 Å². The summed E-state index contributed by atoms with van der Waals surface area (Å²) in [4.78, 5) is 4.25. The molecule has 5 heteroatoms. The summed E-state index contributed by atoms with van der Waals surface area (Å²) < 4.78 is 1.89. The van der Waals surface area contributed by atoms with E-state index in [4.69, 9.17) is 23.2 Å². The number of rotatable bonds is 2. The van der Waals surface area contributed by atoms with Crippen molar-refractivity contribution in [2.24, 2.45) is 7.05 Å². The van der Waals surface area contributed by atoms with E-state index >= 15 is 0 Å². The van der Waals surface area contributed by atoms with Crippen molar-refractivity contribution in [3.8, 4) is 0 Å². The van der Waals surface area contributed by atoms with Gasteiger partial charge in [0, 0.05) is 26.6 Å². The van der Waals surface area contributed by atoms with Crippen LogP contribution in [0, 0.1) is 0 Å². The number of hydrogen-bond acceptors (Lipinski definition) is 2. The maximum absolute atomic E-state index is 6.03.